The lowest BCUT2D eigenvalue weighted by Crippen LogP contribution is -2.31. The third-order valence-corrected chi connectivity index (χ3v) is 4.90. The Morgan fingerprint density at radius 2 is 1.68 bits per heavy atom. The minimum atomic E-state index is -1.06. The van der Waals surface area contributed by atoms with Crippen molar-refractivity contribution in [2.45, 2.75) is 20.8 Å². The number of benzene rings is 1. The van der Waals surface area contributed by atoms with E-state index in [-0.39, 0.29) is 18.3 Å². The molecule has 9 nitrogen and oxygen atoms in total. The van der Waals surface area contributed by atoms with Crippen LogP contribution in [0.2, 0.25) is 0 Å². The molecule has 1 atom stereocenters. The van der Waals surface area contributed by atoms with Gasteiger partial charge in [-0.15, -0.1) is 0 Å². The first-order valence-electron chi connectivity index (χ1n) is 8.24. The smallest absolute Gasteiger partial charge is 0.426 e. The molecule has 0 aliphatic rings. The number of ether oxygens (including phenoxy) is 2. The predicted octanol–water partition coefficient (Wildman–Crippen LogP) is 2.70. The van der Waals surface area contributed by atoms with E-state index in [2.05, 4.69) is 5.32 Å². The van der Waals surface area contributed by atoms with E-state index in [4.69, 9.17) is 9.47 Å². The number of carbonyl (C=O) groups excluding carboxylic acids is 3. The van der Waals surface area contributed by atoms with E-state index in [1.165, 1.54) is 27.3 Å². The molecule has 156 valence electrons. The van der Waals surface area contributed by atoms with Gasteiger partial charge in [0.1, 0.15) is 18.1 Å². The van der Waals surface area contributed by atoms with Gasteiger partial charge in [0.2, 0.25) is 5.91 Å². The third-order valence-electron chi connectivity index (χ3n) is 3.37. The molecule has 0 aliphatic heterocycles. The summed E-state index contributed by atoms with van der Waals surface area (Å²) in [5.41, 5.74) is 2.18. The molecule has 0 spiro atoms. The molecule has 11 heteroatoms. The highest BCUT2D eigenvalue weighted by atomic mass is 32.2. The molecule has 0 aromatic heterocycles. The highest BCUT2D eigenvalue weighted by Crippen LogP contribution is 2.27. The Morgan fingerprint density at radius 3 is 2.18 bits per heavy atom. The van der Waals surface area contributed by atoms with Gasteiger partial charge in [-0.3, -0.25) is 4.79 Å². The number of hydrogen-bond donors (Lipinski definition) is 1. The molecule has 0 saturated heterocycles. The normalized spacial score (nSPS) is 11.4. The van der Waals surface area contributed by atoms with Gasteiger partial charge in [0.15, 0.2) is 0 Å². The van der Waals surface area contributed by atoms with E-state index in [0.717, 1.165) is 31.9 Å². The maximum atomic E-state index is 12.3. The second-order valence-corrected chi connectivity index (χ2v) is 8.76. The summed E-state index contributed by atoms with van der Waals surface area (Å²) in [7, 11) is 2.89. The average molecular weight is 432 g/mol. The molecule has 0 heterocycles. The molecule has 3 amide bonds. The maximum Gasteiger partial charge on any atom is 0.426 e. The molecule has 1 N–H and O–H groups in total. The zero-order valence-electron chi connectivity index (χ0n) is 16.7. The van der Waals surface area contributed by atoms with Crippen LogP contribution in [0.4, 0.5) is 15.3 Å². The van der Waals surface area contributed by atoms with Crippen LogP contribution < -0.4 is 10.1 Å². The van der Waals surface area contributed by atoms with E-state index < -0.39 is 23.4 Å². The number of aryl methyl sites for hydroxylation is 2. The fourth-order valence-corrected chi connectivity index (χ4v) is 3.02. The lowest BCUT2D eigenvalue weighted by atomic mass is 10.1. The zero-order valence-corrected chi connectivity index (χ0v) is 18.4. The molecule has 28 heavy (non-hydrogen) atoms. The van der Waals surface area contributed by atoms with E-state index >= 15 is 0 Å². The molecule has 1 unspecified atom stereocenters. The molecule has 1 rings (SSSR count). The van der Waals surface area contributed by atoms with Gasteiger partial charge in [0.25, 0.3) is 0 Å². The van der Waals surface area contributed by atoms with Gasteiger partial charge in [-0.2, -0.15) is 0 Å². The minimum absolute atomic E-state index is 0.0280. The van der Waals surface area contributed by atoms with Gasteiger partial charge >= 0.3 is 12.2 Å². The van der Waals surface area contributed by atoms with Crippen molar-refractivity contribution < 1.29 is 28.4 Å². The largest absolute Gasteiger partial charge is 0.616 e. The number of carbonyl (C=O) groups is 3. The lowest BCUT2D eigenvalue weighted by Gasteiger charge is -2.22. The van der Waals surface area contributed by atoms with Crippen molar-refractivity contribution in [3.63, 3.8) is 0 Å². The van der Waals surface area contributed by atoms with Gasteiger partial charge in [0, 0.05) is 26.7 Å². The van der Waals surface area contributed by atoms with Crippen LogP contribution in [-0.4, -0.2) is 64.0 Å². The van der Waals surface area contributed by atoms with Gasteiger partial charge < -0.3 is 19.3 Å². The molecule has 1 aromatic rings. The minimum Gasteiger partial charge on any atom is -0.616 e. The molecular formula is C17H25N3O6S2. The monoisotopic (exact) mass is 431 g/mol. The van der Waals surface area contributed by atoms with Crippen molar-refractivity contribution in [1.82, 2.24) is 8.61 Å². The molecule has 0 aliphatic carbocycles. The first kappa shape index (κ1) is 23.9. The number of amides is 3. The number of hydrogen-bond acceptors (Lipinski definition) is 7. The van der Waals surface area contributed by atoms with Crippen molar-refractivity contribution >= 4 is 47.1 Å². The summed E-state index contributed by atoms with van der Waals surface area (Å²) in [5, 5.41) is 2.74. The second-order valence-electron chi connectivity index (χ2n) is 5.95. The summed E-state index contributed by atoms with van der Waals surface area (Å²) in [6.07, 6.45) is 0.161. The van der Waals surface area contributed by atoms with Crippen molar-refractivity contribution in [3.8, 4) is 5.75 Å². The Labute approximate surface area is 172 Å². The van der Waals surface area contributed by atoms with Crippen LogP contribution >= 0.6 is 12.1 Å². The van der Waals surface area contributed by atoms with Gasteiger partial charge in [-0.1, -0.05) is 11.2 Å². The predicted molar refractivity (Wildman–Crippen MR) is 110 cm³/mol. The van der Waals surface area contributed by atoms with Gasteiger partial charge in [-0.05, 0) is 37.1 Å². The molecular weight excluding hydrogens is 406 g/mol. The van der Waals surface area contributed by atoms with Crippen molar-refractivity contribution in [2.75, 3.05) is 38.0 Å². The molecule has 0 radical (unpaired) electrons. The van der Waals surface area contributed by atoms with E-state index in [0.29, 0.717) is 11.4 Å². The maximum absolute atomic E-state index is 12.3. The quantitative estimate of drug-likeness (QED) is 0.522. The summed E-state index contributed by atoms with van der Waals surface area (Å²) >= 11 is -0.257. The molecule has 1 aromatic carbocycles. The Morgan fingerprint density at radius 1 is 1.14 bits per heavy atom. The topological polar surface area (TPSA) is 111 Å². The first-order valence-corrected chi connectivity index (χ1v) is 10.7. The Bertz CT molecular complexity index is 706. The summed E-state index contributed by atoms with van der Waals surface area (Å²) in [5.74, 6) is 0.374. The standard InChI is InChI=1S/C17H25N3O6S2/c1-11-9-14(10-12(2)15(11)18-13(3)21)26-17(23)20(5)27-19(4)16(22)25-7-8-28(6)24/h9-10H,7-8H2,1-6H3,(H,18,21). The van der Waals surface area contributed by atoms with Gasteiger partial charge in [0.05, 0.1) is 18.4 Å². The highest BCUT2D eigenvalue weighted by Gasteiger charge is 2.20. The zero-order chi connectivity index (χ0) is 21.4. The summed E-state index contributed by atoms with van der Waals surface area (Å²) < 4.78 is 23.5. The van der Waals surface area contributed by atoms with Crippen molar-refractivity contribution in [1.29, 1.82) is 0 Å². The lowest BCUT2D eigenvalue weighted by molar-refractivity contribution is -0.114. The first-order chi connectivity index (χ1) is 13.0. The molecule has 0 bridgehead atoms. The third kappa shape index (κ3) is 7.87. The molecule has 0 fully saturated rings. The van der Waals surface area contributed by atoms with Crippen LogP contribution in [-0.2, 0) is 20.7 Å². The van der Waals surface area contributed by atoms with Crippen LogP contribution in [0.15, 0.2) is 12.1 Å². The Kier molecular flexibility index (Phi) is 9.42. The number of nitrogens with zero attached hydrogens (tertiary/aromatic N) is 2. The van der Waals surface area contributed by atoms with Crippen LogP contribution in [0.25, 0.3) is 0 Å². The highest BCUT2D eigenvalue weighted by molar-refractivity contribution is 7.95. The van der Waals surface area contributed by atoms with E-state index in [1.54, 1.807) is 26.0 Å². The van der Waals surface area contributed by atoms with Crippen LogP contribution in [0.1, 0.15) is 18.1 Å². The van der Waals surface area contributed by atoms with Crippen molar-refractivity contribution in [2.24, 2.45) is 0 Å². The van der Waals surface area contributed by atoms with Crippen LogP contribution in [0, 0.1) is 13.8 Å². The number of anilines is 1. The average Bonchev–Trinajstić information content (AvgIpc) is 2.57. The second kappa shape index (κ2) is 11.0. The SMILES string of the molecule is CC(=O)Nc1c(C)cc(OC(=O)N(C)SN(C)C(=O)OCC[S+](C)[O-])cc1C. The summed E-state index contributed by atoms with van der Waals surface area (Å²) in [6, 6.07) is 3.27. The van der Waals surface area contributed by atoms with Crippen molar-refractivity contribution in [3.05, 3.63) is 23.3 Å². The van der Waals surface area contributed by atoms with E-state index in [9.17, 15) is 18.9 Å². The number of rotatable bonds is 7. The molecule has 0 saturated carbocycles. The van der Waals surface area contributed by atoms with Crippen LogP contribution in [0.3, 0.4) is 0 Å². The number of nitrogens with one attached hydrogen (secondary N) is 1. The summed E-state index contributed by atoms with van der Waals surface area (Å²) in [6.45, 7) is 5.03. The van der Waals surface area contributed by atoms with Crippen LogP contribution in [0.5, 0.6) is 5.75 Å². The fourth-order valence-electron chi connectivity index (χ4n) is 2.11. The fraction of sp³-hybridized carbons (Fsp3) is 0.471. The van der Waals surface area contributed by atoms with E-state index in [1.807, 2.05) is 0 Å². The Balaban J connectivity index is 2.64. The Hall–Kier alpha value is -2.11. The van der Waals surface area contributed by atoms with Gasteiger partial charge in [-0.25, -0.2) is 18.2 Å². The summed E-state index contributed by atoms with van der Waals surface area (Å²) in [4.78, 5) is 35.3.